The predicted molar refractivity (Wildman–Crippen MR) is 64.2 cm³/mol. The van der Waals surface area contributed by atoms with Gasteiger partial charge in [-0.3, -0.25) is 0 Å². The first-order chi connectivity index (χ1) is 7.50. The summed E-state index contributed by atoms with van der Waals surface area (Å²) in [6, 6.07) is -0.0356. The molecule has 0 aromatic carbocycles. The zero-order valence-electron chi connectivity index (χ0n) is 10.6. The van der Waals surface area contributed by atoms with Crippen molar-refractivity contribution in [1.29, 1.82) is 0 Å². The Balaban J connectivity index is 2.26. The summed E-state index contributed by atoms with van der Waals surface area (Å²) in [6.45, 7) is 8.24. The fourth-order valence-electron chi connectivity index (χ4n) is 1.81. The molecule has 2 unspecified atom stereocenters. The Labute approximate surface area is 98.0 Å². The monoisotopic (exact) mass is 228 g/mol. The minimum Gasteiger partial charge on any atom is -0.391 e. The van der Waals surface area contributed by atoms with Crippen molar-refractivity contribution in [3.8, 4) is 0 Å². The van der Waals surface area contributed by atoms with Gasteiger partial charge in [-0.2, -0.15) is 0 Å². The molecule has 0 spiro atoms. The first-order valence-electron chi connectivity index (χ1n) is 6.21. The number of urea groups is 1. The van der Waals surface area contributed by atoms with Gasteiger partial charge in [0.25, 0.3) is 0 Å². The molecule has 1 aliphatic heterocycles. The van der Waals surface area contributed by atoms with Gasteiger partial charge < -0.3 is 15.3 Å². The summed E-state index contributed by atoms with van der Waals surface area (Å²) >= 11 is 0. The van der Waals surface area contributed by atoms with E-state index in [-0.39, 0.29) is 12.1 Å². The number of likely N-dealkylation sites (tertiary alicyclic amines) is 1. The third kappa shape index (κ3) is 4.00. The number of carbonyl (C=O) groups is 1. The second-order valence-corrected chi connectivity index (χ2v) is 5.19. The lowest BCUT2D eigenvalue weighted by Gasteiger charge is -2.34. The van der Waals surface area contributed by atoms with E-state index in [0.29, 0.717) is 18.4 Å². The van der Waals surface area contributed by atoms with Crippen molar-refractivity contribution < 1.29 is 9.90 Å². The van der Waals surface area contributed by atoms with Gasteiger partial charge in [0, 0.05) is 19.6 Å². The largest absolute Gasteiger partial charge is 0.391 e. The molecule has 1 saturated heterocycles. The van der Waals surface area contributed by atoms with Crippen LogP contribution in [0.5, 0.6) is 0 Å². The first kappa shape index (κ1) is 13.3. The summed E-state index contributed by atoms with van der Waals surface area (Å²) in [5, 5.41) is 12.6. The number of nitrogens with one attached hydrogen (secondary N) is 1. The Kier molecular flexibility index (Phi) is 5.06. The average molecular weight is 228 g/mol. The van der Waals surface area contributed by atoms with E-state index in [1.165, 1.54) is 0 Å². The summed E-state index contributed by atoms with van der Waals surface area (Å²) in [4.78, 5) is 13.4. The lowest BCUT2D eigenvalue weighted by molar-refractivity contribution is 0.0435. The van der Waals surface area contributed by atoms with Crippen molar-refractivity contribution in [1.82, 2.24) is 10.2 Å². The van der Waals surface area contributed by atoms with Crippen LogP contribution in [0.15, 0.2) is 0 Å². The molecule has 1 heterocycles. The highest BCUT2D eigenvalue weighted by Crippen LogP contribution is 2.16. The fourth-order valence-corrected chi connectivity index (χ4v) is 1.81. The standard InChI is InChI=1S/C12H24N2O2/c1-9(2)4-6-13-12(16)14-7-5-10(3)11(15)8-14/h9-11,15H,4-8H2,1-3H3,(H,13,16). The van der Waals surface area contributed by atoms with Crippen molar-refractivity contribution in [3.05, 3.63) is 0 Å². The molecule has 0 aromatic heterocycles. The van der Waals surface area contributed by atoms with Crippen LogP contribution in [0.25, 0.3) is 0 Å². The van der Waals surface area contributed by atoms with E-state index in [0.717, 1.165) is 25.9 Å². The lowest BCUT2D eigenvalue weighted by Crippen LogP contribution is -2.49. The first-order valence-corrected chi connectivity index (χ1v) is 6.21. The zero-order valence-corrected chi connectivity index (χ0v) is 10.6. The number of carbonyl (C=O) groups excluding carboxylic acids is 1. The Morgan fingerprint density at radius 1 is 1.56 bits per heavy atom. The molecule has 0 bridgehead atoms. The number of piperidine rings is 1. The van der Waals surface area contributed by atoms with Crippen LogP contribution in [0.4, 0.5) is 4.79 Å². The van der Waals surface area contributed by atoms with Crippen LogP contribution in [-0.2, 0) is 0 Å². The molecule has 1 fully saturated rings. The summed E-state index contributed by atoms with van der Waals surface area (Å²) in [5.41, 5.74) is 0. The van der Waals surface area contributed by atoms with Crippen LogP contribution in [0.2, 0.25) is 0 Å². The maximum absolute atomic E-state index is 11.7. The van der Waals surface area contributed by atoms with Gasteiger partial charge in [-0.15, -0.1) is 0 Å². The van der Waals surface area contributed by atoms with E-state index < -0.39 is 0 Å². The van der Waals surface area contributed by atoms with Gasteiger partial charge in [-0.1, -0.05) is 20.8 Å². The quantitative estimate of drug-likeness (QED) is 0.768. The Hall–Kier alpha value is -0.770. The van der Waals surface area contributed by atoms with E-state index in [1.807, 2.05) is 6.92 Å². The number of aliphatic hydroxyl groups is 1. The molecule has 1 rings (SSSR count). The van der Waals surface area contributed by atoms with Crippen molar-refractivity contribution >= 4 is 6.03 Å². The summed E-state index contributed by atoms with van der Waals surface area (Å²) in [7, 11) is 0. The smallest absolute Gasteiger partial charge is 0.317 e. The van der Waals surface area contributed by atoms with Crippen LogP contribution in [-0.4, -0.2) is 41.8 Å². The molecule has 4 nitrogen and oxygen atoms in total. The molecule has 16 heavy (non-hydrogen) atoms. The number of nitrogens with zero attached hydrogens (tertiary/aromatic N) is 1. The van der Waals surface area contributed by atoms with Gasteiger partial charge in [-0.25, -0.2) is 4.79 Å². The SMILES string of the molecule is CC(C)CCNC(=O)N1CCC(C)C(O)C1. The van der Waals surface area contributed by atoms with Crippen LogP contribution in [0.3, 0.4) is 0 Å². The number of amides is 2. The highest BCUT2D eigenvalue weighted by atomic mass is 16.3. The second kappa shape index (κ2) is 6.09. The number of hydrogen-bond acceptors (Lipinski definition) is 2. The van der Waals surface area contributed by atoms with Crippen molar-refractivity contribution in [2.24, 2.45) is 11.8 Å². The number of aliphatic hydroxyl groups excluding tert-OH is 1. The van der Waals surface area contributed by atoms with Gasteiger partial charge in [0.1, 0.15) is 0 Å². The minimum atomic E-state index is -0.371. The van der Waals surface area contributed by atoms with Crippen LogP contribution in [0.1, 0.15) is 33.6 Å². The van der Waals surface area contributed by atoms with E-state index in [9.17, 15) is 9.90 Å². The summed E-state index contributed by atoms with van der Waals surface area (Å²) in [5.74, 6) is 0.909. The van der Waals surface area contributed by atoms with E-state index in [2.05, 4.69) is 19.2 Å². The molecule has 0 saturated carbocycles. The molecule has 94 valence electrons. The maximum Gasteiger partial charge on any atom is 0.317 e. The van der Waals surface area contributed by atoms with Gasteiger partial charge in [-0.05, 0) is 24.7 Å². The van der Waals surface area contributed by atoms with Crippen LogP contribution < -0.4 is 5.32 Å². The molecule has 0 radical (unpaired) electrons. The Morgan fingerprint density at radius 2 is 2.25 bits per heavy atom. The molecule has 0 aliphatic carbocycles. The molecule has 0 aromatic rings. The number of rotatable bonds is 3. The van der Waals surface area contributed by atoms with Crippen molar-refractivity contribution in [3.63, 3.8) is 0 Å². The molecule has 2 N–H and O–H groups in total. The van der Waals surface area contributed by atoms with Crippen molar-refractivity contribution in [2.75, 3.05) is 19.6 Å². The highest BCUT2D eigenvalue weighted by molar-refractivity contribution is 5.74. The van der Waals surface area contributed by atoms with Crippen molar-refractivity contribution in [2.45, 2.75) is 39.7 Å². The number of β-amino-alcohol motifs (C(OH)–C–C–N with tert-alkyl or cyclic N) is 1. The molecular weight excluding hydrogens is 204 g/mol. The topological polar surface area (TPSA) is 52.6 Å². The summed E-state index contributed by atoms with van der Waals surface area (Å²) in [6.07, 6.45) is 1.52. The van der Waals surface area contributed by atoms with Gasteiger partial charge in [0.15, 0.2) is 0 Å². The van der Waals surface area contributed by atoms with Gasteiger partial charge in [0.05, 0.1) is 6.10 Å². The van der Waals surface area contributed by atoms with E-state index in [4.69, 9.17) is 0 Å². The molecule has 4 heteroatoms. The molecule has 2 amide bonds. The van der Waals surface area contributed by atoms with Crippen LogP contribution in [0, 0.1) is 11.8 Å². The fraction of sp³-hybridized carbons (Fsp3) is 0.917. The Morgan fingerprint density at radius 3 is 2.81 bits per heavy atom. The number of hydrogen-bond donors (Lipinski definition) is 2. The van der Waals surface area contributed by atoms with E-state index >= 15 is 0 Å². The van der Waals surface area contributed by atoms with Gasteiger partial charge in [0.2, 0.25) is 0 Å². The highest BCUT2D eigenvalue weighted by Gasteiger charge is 2.26. The molecular formula is C12H24N2O2. The molecule has 2 atom stereocenters. The maximum atomic E-state index is 11.7. The normalized spacial score (nSPS) is 25.9. The average Bonchev–Trinajstić information content (AvgIpc) is 2.21. The van der Waals surface area contributed by atoms with Gasteiger partial charge >= 0.3 is 6.03 Å². The third-order valence-corrected chi connectivity index (χ3v) is 3.20. The minimum absolute atomic E-state index is 0.0356. The second-order valence-electron chi connectivity index (χ2n) is 5.19. The zero-order chi connectivity index (χ0) is 12.1. The predicted octanol–water partition coefficient (Wildman–Crippen LogP) is 1.44. The van der Waals surface area contributed by atoms with Crippen LogP contribution >= 0.6 is 0 Å². The summed E-state index contributed by atoms with van der Waals surface area (Å²) < 4.78 is 0. The molecule has 1 aliphatic rings. The Bertz CT molecular complexity index is 231. The third-order valence-electron chi connectivity index (χ3n) is 3.20. The lowest BCUT2D eigenvalue weighted by atomic mass is 9.96. The van der Waals surface area contributed by atoms with E-state index in [1.54, 1.807) is 4.90 Å².